The molecule has 0 aliphatic heterocycles. The highest BCUT2D eigenvalue weighted by atomic mass is 16.5. The summed E-state index contributed by atoms with van der Waals surface area (Å²) in [6.07, 6.45) is 1.55. The van der Waals surface area contributed by atoms with Crippen LogP contribution in [0.3, 0.4) is 0 Å². The smallest absolute Gasteiger partial charge is 0.165 e. The maximum Gasteiger partial charge on any atom is 0.165 e. The molecule has 1 aromatic carbocycles. The molecule has 0 saturated carbocycles. The summed E-state index contributed by atoms with van der Waals surface area (Å²) < 4.78 is 7.67. The maximum absolute atomic E-state index is 5.81. The monoisotopic (exact) mass is 260 g/mol. The van der Waals surface area contributed by atoms with Gasteiger partial charge in [0.1, 0.15) is 18.7 Å². The highest BCUT2D eigenvalue weighted by molar-refractivity contribution is 5.36. The Labute approximate surface area is 113 Å². The minimum atomic E-state index is 0.271. The average Bonchev–Trinajstić information content (AvgIpc) is 2.85. The third kappa shape index (κ3) is 3.12. The van der Waals surface area contributed by atoms with Gasteiger partial charge in [0.15, 0.2) is 5.82 Å². The van der Waals surface area contributed by atoms with E-state index in [1.165, 1.54) is 5.56 Å². The van der Waals surface area contributed by atoms with Crippen LogP contribution in [0.5, 0.6) is 5.75 Å². The fourth-order valence-electron chi connectivity index (χ4n) is 1.96. The van der Waals surface area contributed by atoms with Crippen LogP contribution in [-0.2, 0) is 13.2 Å². The molecule has 0 bridgehead atoms. The van der Waals surface area contributed by atoms with Gasteiger partial charge in [0.25, 0.3) is 0 Å². The second kappa shape index (κ2) is 5.84. The molecule has 0 radical (unpaired) electrons. The molecule has 0 aliphatic carbocycles. The minimum absolute atomic E-state index is 0.271. The summed E-state index contributed by atoms with van der Waals surface area (Å²) >= 11 is 0. The molecule has 0 saturated heterocycles. The van der Waals surface area contributed by atoms with Crippen molar-refractivity contribution < 1.29 is 4.74 Å². The summed E-state index contributed by atoms with van der Waals surface area (Å²) in [6, 6.07) is 6.28. The summed E-state index contributed by atoms with van der Waals surface area (Å²) in [6.45, 7) is 7.03. The topological polar surface area (TPSA) is 66.0 Å². The Morgan fingerprint density at radius 2 is 2.16 bits per heavy atom. The van der Waals surface area contributed by atoms with Gasteiger partial charge in [-0.1, -0.05) is 17.7 Å². The average molecular weight is 260 g/mol. The molecule has 102 valence electrons. The number of aryl methyl sites for hydroxylation is 1. The van der Waals surface area contributed by atoms with Gasteiger partial charge in [-0.3, -0.25) is 0 Å². The Hall–Kier alpha value is -1.88. The lowest BCUT2D eigenvalue weighted by Crippen LogP contribution is -2.11. The van der Waals surface area contributed by atoms with E-state index >= 15 is 0 Å². The summed E-state index contributed by atoms with van der Waals surface area (Å²) in [5.74, 6) is 1.63. The molecule has 2 aromatic rings. The lowest BCUT2D eigenvalue weighted by atomic mass is 10.1. The van der Waals surface area contributed by atoms with Crippen LogP contribution in [0.25, 0.3) is 0 Å². The first kappa shape index (κ1) is 13.5. The Kier molecular flexibility index (Phi) is 4.16. The van der Waals surface area contributed by atoms with Crippen LogP contribution in [-0.4, -0.2) is 14.8 Å². The zero-order valence-electron chi connectivity index (χ0n) is 11.6. The second-order valence-corrected chi connectivity index (χ2v) is 4.82. The van der Waals surface area contributed by atoms with Gasteiger partial charge in [-0.25, -0.2) is 9.67 Å². The quantitative estimate of drug-likeness (QED) is 0.895. The van der Waals surface area contributed by atoms with Crippen LogP contribution in [0.1, 0.15) is 36.8 Å². The molecule has 0 unspecified atom stereocenters. The molecule has 1 aromatic heterocycles. The SMILES string of the molecule is Cc1ccc(OCc2ncnn2C(C)C)c(CN)c1. The Balaban J connectivity index is 2.12. The number of hydrogen-bond acceptors (Lipinski definition) is 4. The van der Waals surface area contributed by atoms with Crippen LogP contribution in [0, 0.1) is 6.92 Å². The van der Waals surface area contributed by atoms with Gasteiger partial charge in [0, 0.05) is 18.2 Å². The molecule has 0 amide bonds. The number of ether oxygens (including phenoxy) is 1. The van der Waals surface area contributed by atoms with Gasteiger partial charge in [-0.2, -0.15) is 5.10 Å². The van der Waals surface area contributed by atoms with Crippen molar-refractivity contribution in [2.24, 2.45) is 5.73 Å². The van der Waals surface area contributed by atoms with Crippen molar-refractivity contribution in [2.75, 3.05) is 0 Å². The second-order valence-electron chi connectivity index (χ2n) is 4.82. The van der Waals surface area contributed by atoms with E-state index in [1.807, 2.05) is 29.8 Å². The maximum atomic E-state index is 5.81. The van der Waals surface area contributed by atoms with E-state index in [0.29, 0.717) is 13.2 Å². The van der Waals surface area contributed by atoms with Crippen LogP contribution < -0.4 is 10.5 Å². The van der Waals surface area contributed by atoms with Crippen LogP contribution in [0.15, 0.2) is 24.5 Å². The van der Waals surface area contributed by atoms with Gasteiger partial charge >= 0.3 is 0 Å². The van der Waals surface area contributed by atoms with Crippen molar-refractivity contribution in [2.45, 2.75) is 40.0 Å². The van der Waals surface area contributed by atoms with Crippen LogP contribution in [0.4, 0.5) is 0 Å². The van der Waals surface area contributed by atoms with Crippen molar-refractivity contribution in [3.8, 4) is 5.75 Å². The largest absolute Gasteiger partial charge is 0.485 e. The fourth-order valence-corrected chi connectivity index (χ4v) is 1.96. The van der Waals surface area contributed by atoms with E-state index in [4.69, 9.17) is 10.5 Å². The lowest BCUT2D eigenvalue weighted by Gasteiger charge is -2.13. The molecular weight excluding hydrogens is 240 g/mol. The lowest BCUT2D eigenvalue weighted by molar-refractivity contribution is 0.279. The molecule has 2 N–H and O–H groups in total. The third-order valence-corrected chi connectivity index (χ3v) is 2.93. The highest BCUT2D eigenvalue weighted by Crippen LogP contribution is 2.20. The van der Waals surface area contributed by atoms with Crippen LogP contribution >= 0.6 is 0 Å². The van der Waals surface area contributed by atoms with Crippen molar-refractivity contribution in [3.63, 3.8) is 0 Å². The normalized spacial score (nSPS) is 11.0. The molecule has 5 nitrogen and oxygen atoms in total. The van der Waals surface area contributed by atoms with E-state index in [-0.39, 0.29) is 6.04 Å². The van der Waals surface area contributed by atoms with Crippen molar-refractivity contribution in [1.29, 1.82) is 0 Å². The number of rotatable bonds is 5. The van der Waals surface area contributed by atoms with Gasteiger partial charge in [0.2, 0.25) is 0 Å². The molecule has 0 aliphatic rings. The summed E-state index contributed by atoms with van der Waals surface area (Å²) in [7, 11) is 0. The fraction of sp³-hybridized carbons (Fsp3) is 0.429. The van der Waals surface area contributed by atoms with Crippen molar-refractivity contribution >= 4 is 0 Å². The van der Waals surface area contributed by atoms with E-state index in [1.54, 1.807) is 6.33 Å². The summed E-state index contributed by atoms with van der Waals surface area (Å²) in [5, 5.41) is 4.19. The Morgan fingerprint density at radius 3 is 2.84 bits per heavy atom. The number of nitrogens with two attached hydrogens (primary N) is 1. The molecule has 0 atom stereocenters. The zero-order valence-corrected chi connectivity index (χ0v) is 11.6. The molecule has 1 heterocycles. The van der Waals surface area contributed by atoms with Gasteiger partial charge < -0.3 is 10.5 Å². The first-order valence-corrected chi connectivity index (χ1v) is 6.42. The molecule has 0 fully saturated rings. The molecular formula is C14H20N4O. The van der Waals surface area contributed by atoms with E-state index in [2.05, 4.69) is 23.9 Å². The van der Waals surface area contributed by atoms with Gasteiger partial charge in [0.05, 0.1) is 0 Å². The first-order valence-electron chi connectivity index (χ1n) is 6.42. The number of aromatic nitrogens is 3. The van der Waals surface area contributed by atoms with Crippen molar-refractivity contribution in [3.05, 3.63) is 41.5 Å². The van der Waals surface area contributed by atoms with E-state index in [9.17, 15) is 0 Å². The highest BCUT2D eigenvalue weighted by Gasteiger charge is 2.09. The summed E-state index contributed by atoms with van der Waals surface area (Å²) in [5.41, 5.74) is 7.92. The van der Waals surface area contributed by atoms with Gasteiger partial charge in [-0.15, -0.1) is 0 Å². The molecule has 5 heteroatoms. The van der Waals surface area contributed by atoms with Crippen molar-refractivity contribution in [1.82, 2.24) is 14.8 Å². The standard InChI is InChI=1S/C14H20N4O/c1-10(2)18-14(16-9-17-18)8-19-13-5-4-11(3)6-12(13)7-15/h4-6,9-10H,7-8,15H2,1-3H3. The third-order valence-electron chi connectivity index (χ3n) is 2.93. The van der Waals surface area contributed by atoms with Crippen LogP contribution in [0.2, 0.25) is 0 Å². The number of nitrogens with zero attached hydrogens (tertiary/aromatic N) is 3. The Morgan fingerprint density at radius 1 is 1.37 bits per heavy atom. The molecule has 19 heavy (non-hydrogen) atoms. The number of hydrogen-bond donors (Lipinski definition) is 1. The van der Waals surface area contributed by atoms with E-state index < -0.39 is 0 Å². The molecule has 0 spiro atoms. The predicted molar refractivity (Wildman–Crippen MR) is 73.8 cm³/mol. The predicted octanol–water partition coefficient (Wildman–Crippen LogP) is 2.21. The zero-order chi connectivity index (χ0) is 13.8. The van der Waals surface area contributed by atoms with Gasteiger partial charge in [-0.05, 0) is 26.8 Å². The number of benzene rings is 1. The van der Waals surface area contributed by atoms with E-state index in [0.717, 1.165) is 17.1 Å². The molecule has 2 rings (SSSR count). The minimum Gasteiger partial charge on any atom is -0.485 e. The first-order chi connectivity index (χ1) is 9.11. The Bertz CT molecular complexity index is 548. The summed E-state index contributed by atoms with van der Waals surface area (Å²) in [4.78, 5) is 4.22.